The Labute approximate surface area is 189 Å². The second-order valence-corrected chi connectivity index (χ2v) is 10.0. The van der Waals surface area contributed by atoms with E-state index in [9.17, 15) is 14.4 Å². The number of nitrogens with one attached hydrogen (secondary N) is 1. The SMILES string of the molecule is CC(C)(C)OC(=O)N1CCC2(CC1)CN(c1ccc(C3CCC(=O)NC3=O)cc1)CCO2. The molecule has 3 amide bonds. The molecule has 1 atom stereocenters. The molecule has 3 saturated heterocycles. The number of amides is 3. The van der Waals surface area contributed by atoms with Crippen LogP contribution in [0.4, 0.5) is 10.5 Å². The van der Waals surface area contributed by atoms with Crippen LogP contribution in [-0.2, 0) is 19.1 Å². The van der Waals surface area contributed by atoms with E-state index in [1.807, 2.05) is 45.0 Å². The molecule has 1 spiro atoms. The minimum absolute atomic E-state index is 0.195. The first-order chi connectivity index (χ1) is 15.1. The summed E-state index contributed by atoms with van der Waals surface area (Å²) < 4.78 is 11.7. The van der Waals surface area contributed by atoms with Crippen LogP contribution in [0.25, 0.3) is 0 Å². The third-order valence-corrected chi connectivity index (χ3v) is 6.47. The Kier molecular flexibility index (Phi) is 6.16. The number of nitrogens with zero attached hydrogens (tertiary/aromatic N) is 2. The topological polar surface area (TPSA) is 88.2 Å². The summed E-state index contributed by atoms with van der Waals surface area (Å²) in [5.74, 6) is -0.676. The molecule has 3 fully saturated rings. The summed E-state index contributed by atoms with van der Waals surface area (Å²) >= 11 is 0. The van der Waals surface area contributed by atoms with Crippen molar-refractivity contribution in [1.82, 2.24) is 10.2 Å². The molecule has 3 heterocycles. The van der Waals surface area contributed by atoms with Gasteiger partial charge in [-0.05, 0) is 57.7 Å². The molecule has 0 aliphatic carbocycles. The molecular weight excluding hydrogens is 410 g/mol. The molecule has 8 heteroatoms. The lowest BCUT2D eigenvalue weighted by Gasteiger charge is -2.48. The van der Waals surface area contributed by atoms with Crippen LogP contribution < -0.4 is 10.2 Å². The first-order valence-electron chi connectivity index (χ1n) is 11.4. The molecule has 1 aromatic carbocycles. The molecule has 1 N–H and O–H groups in total. The van der Waals surface area contributed by atoms with E-state index < -0.39 is 5.60 Å². The van der Waals surface area contributed by atoms with Gasteiger partial charge in [0.1, 0.15) is 5.60 Å². The molecule has 3 aliphatic heterocycles. The number of hydrogen-bond donors (Lipinski definition) is 1. The number of ether oxygens (including phenoxy) is 2. The summed E-state index contributed by atoms with van der Waals surface area (Å²) in [4.78, 5) is 40.0. The van der Waals surface area contributed by atoms with E-state index in [0.717, 1.165) is 37.2 Å². The maximum absolute atomic E-state index is 12.4. The Bertz CT molecular complexity index is 869. The highest BCUT2D eigenvalue weighted by Gasteiger charge is 2.41. The van der Waals surface area contributed by atoms with Crippen LogP contribution in [0.5, 0.6) is 0 Å². The monoisotopic (exact) mass is 443 g/mol. The van der Waals surface area contributed by atoms with Gasteiger partial charge in [-0.2, -0.15) is 0 Å². The van der Waals surface area contributed by atoms with Crippen LogP contribution in [0.15, 0.2) is 24.3 Å². The van der Waals surface area contributed by atoms with Crippen LogP contribution in [0.2, 0.25) is 0 Å². The van der Waals surface area contributed by atoms with Crippen LogP contribution in [0.1, 0.15) is 57.9 Å². The third-order valence-electron chi connectivity index (χ3n) is 6.47. The zero-order valence-corrected chi connectivity index (χ0v) is 19.2. The highest BCUT2D eigenvalue weighted by molar-refractivity contribution is 6.00. The van der Waals surface area contributed by atoms with Crippen molar-refractivity contribution in [3.63, 3.8) is 0 Å². The van der Waals surface area contributed by atoms with E-state index in [1.165, 1.54) is 0 Å². The quantitative estimate of drug-likeness (QED) is 0.708. The molecule has 0 aromatic heterocycles. The highest BCUT2D eigenvalue weighted by Crippen LogP contribution is 2.34. The number of hydrogen-bond acceptors (Lipinski definition) is 6. The summed E-state index contributed by atoms with van der Waals surface area (Å²) in [5.41, 5.74) is 1.27. The first kappa shape index (κ1) is 22.6. The van der Waals surface area contributed by atoms with Gasteiger partial charge in [-0.3, -0.25) is 14.9 Å². The summed E-state index contributed by atoms with van der Waals surface area (Å²) in [6.45, 7) is 9.09. The van der Waals surface area contributed by atoms with E-state index in [1.54, 1.807) is 4.90 Å². The fourth-order valence-electron chi connectivity index (χ4n) is 4.72. The lowest BCUT2D eigenvalue weighted by Crippen LogP contribution is -2.58. The maximum atomic E-state index is 12.4. The Morgan fingerprint density at radius 2 is 1.81 bits per heavy atom. The molecule has 1 unspecified atom stereocenters. The zero-order chi connectivity index (χ0) is 22.9. The van der Waals surface area contributed by atoms with Gasteiger partial charge in [0.25, 0.3) is 0 Å². The number of likely N-dealkylation sites (tertiary alicyclic amines) is 1. The smallest absolute Gasteiger partial charge is 0.410 e. The van der Waals surface area contributed by atoms with Crippen molar-refractivity contribution in [3.8, 4) is 0 Å². The van der Waals surface area contributed by atoms with Crippen LogP contribution >= 0.6 is 0 Å². The predicted octanol–water partition coefficient (Wildman–Crippen LogP) is 2.81. The number of imide groups is 1. The van der Waals surface area contributed by atoms with Crippen molar-refractivity contribution >= 4 is 23.6 Å². The van der Waals surface area contributed by atoms with Crippen molar-refractivity contribution in [2.75, 3.05) is 37.7 Å². The van der Waals surface area contributed by atoms with Crippen LogP contribution in [-0.4, -0.2) is 66.8 Å². The van der Waals surface area contributed by atoms with Gasteiger partial charge < -0.3 is 19.3 Å². The molecule has 174 valence electrons. The van der Waals surface area contributed by atoms with Crippen molar-refractivity contribution < 1.29 is 23.9 Å². The number of rotatable bonds is 2. The summed E-state index contributed by atoms with van der Waals surface area (Å²) in [5, 5.41) is 2.43. The highest BCUT2D eigenvalue weighted by atomic mass is 16.6. The van der Waals surface area contributed by atoms with Gasteiger partial charge in [-0.15, -0.1) is 0 Å². The Balaban J connectivity index is 1.37. The van der Waals surface area contributed by atoms with Gasteiger partial charge in [-0.25, -0.2) is 4.79 Å². The van der Waals surface area contributed by atoms with Crippen molar-refractivity contribution in [3.05, 3.63) is 29.8 Å². The molecule has 8 nitrogen and oxygen atoms in total. The lowest BCUT2D eigenvalue weighted by atomic mass is 9.88. The number of carbonyl (C=O) groups is 3. The maximum Gasteiger partial charge on any atom is 0.410 e. The molecule has 32 heavy (non-hydrogen) atoms. The number of morpholine rings is 1. The molecule has 0 bridgehead atoms. The number of carbonyl (C=O) groups excluding carboxylic acids is 3. The lowest BCUT2D eigenvalue weighted by molar-refractivity contribution is -0.134. The molecule has 0 radical (unpaired) electrons. The average molecular weight is 444 g/mol. The van der Waals surface area contributed by atoms with Crippen molar-refractivity contribution in [2.24, 2.45) is 0 Å². The zero-order valence-electron chi connectivity index (χ0n) is 19.2. The van der Waals surface area contributed by atoms with Gasteiger partial charge in [-0.1, -0.05) is 12.1 Å². The van der Waals surface area contributed by atoms with Gasteiger partial charge in [0.05, 0.1) is 18.1 Å². The van der Waals surface area contributed by atoms with Crippen molar-refractivity contribution in [2.45, 2.75) is 63.6 Å². The molecular formula is C24H33N3O5. The van der Waals surface area contributed by atoms with Gasteiger partial charge >= 0.3 is 6.09 Å². The van der Waals surface area contributed by atoms with E-state index in [2.05, 4.69) is 10.2 Å². The largest absolute Gasteiger partial charge is 0.444 e. The van der Waals surface area contributed by atoms with E-state index >= 15 is 0 Å². The summed E-state index contributed by atoms with van der Waals surface area (Å²) in [6, 6.07) is 8.08. The van der Waals surface area contributed by atoms with E-state index in [-0.39, 0.29) is 29.4 Å². The van der Waals surface area contributed by atoms with E-state index in [0.29, 0.717) is 32.5 Å². The Morgan fingerprint density at radius 3 is 2.44 bits per heavy atom. The number of benzene rings is 1. The van der Waals surface area contributed by atoms with Crippen LogP contribution in [0, 0.1) is 0 Å². The van der Waals surface area contributed by atoms with Gasteiger partial charge in [0.2, 0.25) is 11.8 Å². The van der Waals surface area contributed by atoms with Gasteiger partial charge in [0, 0.05) is 38.3 Å². The van der Waals surface area contributed by atoms with Crippen molar-refractivity contribution in [1.29, 1.82) is 0 Å². The first-order valence-corrected chi connectivity index (χ1v) is 11.4. The number of piperidine rings is 2. The molecule has 1 aromatic rings. The predicted molar refractivity (Wildman–Crippen MR) is 120 cm³/mol. The second kappa shape index (κ2) is 8.73. The minimum Gasteiger partial charge on any atom is -0.444 e. The second-order valence-electron chi connectivity index (χ2n) is 10.0. The summed E-state index contributed by atoms with van der Waals surface area (Å²) in [7, 11) is 0. The minimum atomic E-state index is -0.496. The Morgan fingerprint density at radius 1 is 1.12 bits per heavy atom. The normalized spacial score (nSPS) is 23.8. The molecule has 0 saturated carbocycles. The average Bonchev–Trinajstić information content (AvgIpc) is 2.73. The third kappa shape index (κ3) is 5.06. The van der Waals surface area contributed by atoms with Gasteiger partial charge in [0.15, 0.2) is 0 Å². The fourth-order valence-corrected chi connectivity index (χ4v) is 4.72. The standard InChI is InChI=1S/C24H33N3O5/c1-23(2,3)32-22(30)26-12-10-24(11-13-26)16-27(14-15-31-24)18-6-4-17(5-7-18)19-8-9-20(28)25-21(19)29/h4-7,19H,8-16H2,1-3H3,(H,25,28,29). The Hall–Kier alpha value is -2.61. The fraction of sp³-hybridized carbons (Fsp3) is 0.625. The van der Waals surface area contributed by atoms with E-state index in [4.69, 9.17) is 9.47 Å². The number of anilines is 1. The van der Waals surface area contributed by atoms with Crippen LogP contribution in [0.3, 0.4) is 0 Å². The molecule has 4 rings (SSSR count). The molecule has 3 aliphatic rings. The summed E-state index contributed by atoms with van der Waals surface area (Å²) in [6.07, 6.45) is 2.22.